The molecular formula is C15H12N2O4S. The summed E-state index contributed by atoms with van der Waals surface area (Å²) in [5, 5.41) is 11.4. The summed E-state index contributed by atoms with van der Waals surface area (Å²) < 4.78 is 29.3. The van der Waals surface area contributed by atoms with E-state index in [2.05, 4.69) is 5.32 Å². The number of carbonyl (C=O) groups is 1. The summed E-state index contributed by atoms with van der Waals surface area (Å²) in [6.07, 6.45) is 2.47. The van der Waals surface area contributed by atoms with Crippen LogP contribution in [0.4, 0.5) is 5.69 Å². The van der Waals surface area contributed by atoms with Gasteiger partial charge in [-0.25, -0.2) is 8.42 Å². The van der Waals surface area contributed by atoms with Gasteiger partial charge >= 0.3 is 0 Å². The summed E-state index contributed by atoms with van der Waals surface area (Å²) >= 11 is 0. The quantitative estimate of drug-likeness (QED) is 0.874. The number of sulfone groups is 1. The Bertz CT molecular complexity index is 842. The van der Waals surface area contributed by atoms with Crippen molar-refractivity contribution in [3.05, 3.63) is 53.1 Å². The number of hydrogen-bond donors (Lipinski definition) is 1. The maximum absolute atomic E-state index is 12.2. The molecule has 0 aliphatic heterocycles. The molecule has 0 spiro atoms. The average molecular weight is 316 g/mol. The van der Waals surface area contributed by atoms with Crippen molar-refractivity contribution in [1.29, 1.82) is 5.26 Å². The SMILES string of the molecule is CC(=O)Nc1ccc(/C=C(\C#N)S(=O)(=O)c2ccco2)cc1. The number of benzene rings is 1. The summed E-state index contributed by atoms with van der Waals surface area (Å²) in [6.45, 7) is 1.39. The first-order chi connectivity index (χ1) is 10.4. The van der Waals surface area contributed by atoms with Gasteiger partial charge < -0.3 is 9.73 Å². The fraction of sp³-hybridized carbons (Fsp3) is 0.0667. The van der Waals surface area contributed by atoms with Crippen molar-refractivity contribution in [2.45, 2.75) is 12.0 Å². The lowest BCUT2D eigenvalue weighted by Crippen LogP contribution is -2.05. The molecule has 1 aromatic heterocycles. The molecule has 0 unspecified atom stereocenters. The molecule has 0 aliphatic carbocycles. The largest absolute Gasteiger partial charge is 0.453 e. The van der Waals surface area contributed by atoms with Crippen LogP contribution in [0, 0.1) is 11.3 Å². The number of rotatable bonds is 4. The third-order valence-corrected chi connectivity index (χ3v) is 4.24. The van der Waals surface area contributed by atoms with Crippen molar-refractivity contribution in [2.75, 3.05) is 5.32 Å². The Morgan fingerprint density at radius 2 is 1.95 bits per heavy atom. The molecule has 0 saturated carbocycles. The van der Waals surface area contributed by atoms with Gasteiger partial charge in [-0.2, -0.15) is 5.26 Å². The second-order valence-electron chi connectivity index (χ2n) is 4.36. The molecule has 0 radical (unpaired) electrons. The van der Waals surface area contributed by atoms with Crippen molar-refractivity contribution in [2.24, 2.45) is 0 Å². The van der Waals surface area contributed by atoms with Crippen molar-refractivity contribution in [3.8, 4) is 6.07 Å². The van der Waals surface area contributed by atoms with Gasteiger partial charge in [0.05, 0.1) is 6.26 Å². The van der Waals surface area contributed by atoms with E-state index in [1.807, 2.05) is 0 Å². The highest BCUT2D eigenvalue weighted by atomic mass is 32.2. The average Bonchev–Trinajstić information content (AvgIpc) is 3.00. The van der Waals surface area contributed by atoms with Crippen LogP contribution in [-0.4, -0.2) is 14.3 Å². The Morgan fingerprint density at radius 1 is 1.27 bits per heavy atom. The zero-order valence-corrected chi connectivity index (χ0v) is 12.4. The molecule has 0 aliphatic rings. The molecule has 6 nitrogen and oxygen atoms in total. The van der Waals surface area contributed by atoms with Gasteiger partial charge in [0.1, 0.15) is 6.07 Å². The van der Waals surface area contributed by atoms with Gasteiger partial charge in [0.2, 0.25) is 20.8 Å². The summed E-state index contributed by atoms with van der Waals surface area (Å²) in [4.78, 5) is 10.5. The van der Waals surface area contributed by atoms with Crippen molar-refractivity contribution < 1.29 is 17.6 Å². The highest BCUT2D eigenvalue weighted by Gasteiger charge is 2.23. The second kappa shape index (κ2) is 6.28. The Kier molecular flexibility index (Phi) is 4.44. The Balaban J connectivity index is 2.34. The van der Waals surface area contributed by atoms with E-state index >= 15 is 0 Å². The summed E-state index contributed by atoms with van der Waals surface area (Å²) in [5.41, 5.74) is 1.10. The maximum Gasteiger partial charge on any atom is 0.249 e. The number of nitriles is 1. The number of hydrogen-bond acceptors (Lipinski definition) is 5. The lowest BCUT2D eigenvalue weighted by Gasteiger charge is -2.03. The van der Waals surface area contributed by atoms with Gasteiger partial charge in [0.15, 0.2) is 4.91 Å². The highest BCUT2D eigenvalue weighted by molar-refractivity contribution is 7.95. The van der Waals surface area contributed by atoms with Crippen LogP contribution < -0.4 is 5.32 Å². The molecule has 0 fully saturated rings. The standard InChI is InChI=1S/C15H12N2O4S/c1-11(18)17-13-6-4-12(5-7-13)9-14(10-16)22(19,20)15-3-2-8-21-15/h2-9H,1H3,(H,17,18)/b14-9+. The second-order valence-corrected chi connectivity index (χ2v) is 6.21. The molecule has 0 saturated heterocycles. The van der Waals surface area contributed by atoms with E-state index in [1.165, 1.54) is 31.4 Å². The van der Waals surface area contributed by atoms with Crippen LogP contribution >= 0.6 is 0 Å². The van der Waals surface area contributed by atoms with Crippen molar-refractivity contribution in [3.63, 3.8) is 0 Å². The van der Waals surface area contributed by atoms with Crippen molar-refractivity contribution >= 4 is 27.5 Å². The van der Waals surface area contributed by atoms with Gasteiger partial charge in [-0.15, -0.1) is 0 Å². The zero-order chi connectivity index (χ0) is 16.2. The number of furan rings is 1. The van der Waals surface area contributed by atoms with E-state index in [0.717, 1.165) is 0 Å². The third-order valence-electron chi connectivity index (χ3n) is 2.69. The van der Waals surface area contributed by atoms with E-state index < -0.39 is 14.7 Å². The summed E-state index contributed by atoms with van der Waals surface area (Å²) in [6, 6.07) is 10.8. The third kappa shape index (κ3) is 3.42. The molecule has 0 bridgehead atoms. The van der Waals surface area contributed by atoms with Crippen LogP contribution in [0.1, 0.15) is 12.5 Å². The summed E-state index contributed by atoms with van der Waals surface area (Å²) in [5.74, 6) is -0.207. The van der Waals surface area contributed by atoms with Crippen LogP contribution in [0.15, 0.2) is 57.1 Å². The zero-order valence-electron chi connectivity index (χ0n) is 11.6. The van der Waals surface area contributed by atoms with Gasteiger partial charge in [0, 0.05) is 12.6 Å². The first-order valence-electron chi connectivity index (χ1n) is 6.21. The van der Waals surface area contributed by atoms with Gasteiger partial charge in [-0.1, -0.05) is 12.1 Å². The van der Waals surface area contributed by atoms with Crippen LogP contribution in [0.2, 0.25) is 0 Å². The minimum Gasteiger partial charge on any atom is -0.453 e. The fourth-order valence-electron chi connectivity index (χ4n) is 1.71. The van der Waals surface area contributed by atoms with Crippen molar-refractivity contribution in [1.82, 2.24) is 0 Å². The molecule has 22 heavy (non-hydrogen) atoms. The Hall–Kier alpha value is -2.85. The van der Waals surface area contributed by atoms with Gasteiger partial charge in [-0.3, -0.25) is 4.79 Å². The van der Waals surface area contributed by atoms with E-state index in [9.17, 15) is 13.2 Å². The normalized spacial score (nSPS) is 11.7. The number of amides is 1. The number of nitrogens with one attached hydrogen (secondary N) is 1. The molecule has 1 heterocycles. The number of allylic oxidation sites excluding steroid dienone is 1. The first-order valence-corrected chi connectivity index (χ1v) is 7.70. The monoisotopic (exact) mass is 316 g/mol. The van der Waals surface area contributed by atoms with E-state index in [4.69, 9.17) is 9.68 Å². The van der Waals surface area contributed by atoms with Gasteiger partial charge in [0.25, 0.3) is 0 Å². The minimum atomic E-state index is -3.97. The van der Waals surface area contributed by atoms with E-state index in [1.54, 1.807) is 30.3 Å². The van der Waals surface area contributed by atoms with E-state index in [-0.39, 0.29) is 11.0 Å². The molecule has 7 heteroatoms. The Morgan fingerprint density at radius 3 is 2.45 bits per heavy atom. The smallest absolute Gasteiger partial charge is 0.249 e. The predicted octanol–water partition coefficient (Wildman–Crippen LogP) is 2.58. The maximum atomic E-state index is 12.2. The lowest BCUT2D eigenvalue weighted by molar-refractivity contribution is -0.114. The van der Waals surface area contributed by atoms with Crippen LogP contribution in [0.25, 0.3) is 6.08 Å². The van der Waals surface area contributed by atoms with Crippen LogP contribution in [0.3, 0.4) is 0 Å². The molecule has 2 rings (SSSR count). The first kappa shape index (κ1) is 15.5. The fourth-order valence-corrected chi connectivity index (χ4v) is 2.78. The molecule has 1 amide bonds. The molecule has 2 aromatic rings. The molecule has 112 valence electrons. The molecule has 1 aromatic carbocycles. The molecular weight excluding hydrogens is 304 g/mol. The van der Waals surface area contributed by atoms with Crippen LogP contribution in [-0.2, 0) is 14.6 Å². The summed E-state index contributed by atoms with van der Waals surface area (Å²) in [7, 11) is -3.97. The number of nitrogens with zero attached hydrogens (tertiary/aromatic N) is 1. The topological polar surface area (TPSA) is 100 Å². The van der Waals surface area contributed by atoms with Crippen LogP contribution in [0.5, 0.6) is 0 Å². The Labute approximate surface area is 127 Å². The number of anilines is 1. The van der Waals surface area contributed by atoms with Gasteiger partial charge in [-0.05, 0) is 35.9 Å². The van der Waals surface area contributed by atoms with E-state index in [0.29, 0.717) is 11.3 Å². The minimum absolute atomic E-state index is 0.207. The predicted molar refractivity (Wildman–Crippen MR) is 80.2 cm³/mol. The lowest BCUT2D eigenvalue weighted by atomic mass is 10.2. The highest BCUT2D eigenvalue weighted by Crippen LogP contribution is 2.22. The molecule has 0 atom stereocenters. The molecule has 1 N–H and O–H groups in total. The number of carbonyl (C=O) groups excluding carboxylic acids is 1.